The van der Waals surface area contributed by atoms with Gasteiger partial charge in [-0.3, -0.25) is 10.00 Å². The average molecular weight is 290 g/mol. The third kappa shape index (κ3) is 4.78. The van der Waals surface area contributed by atoms with E-state index < -0.39 is 17.7 Å². The van der Waals surface area contributed by atoms with Crippen LogP contribution in [0.15, 0.2) is 6.07 Å². The number of amides is 1. The maximum Gasteiger partial charge on any atom is 0.413 e. The summed E-state index contributed by atoms with van der Waals surface area (Å²) in [5, 5.41) is 6.37. The fourth-order valence-electron chi connectivity index (χ4n) is 1.25. The number of hydrogen-bond acceptors (Lipinski definition) is 5. The quantitative estimate of drug-likeness (QED) is 0.681. The van der Waals surface area contributed by atoms with Crippen molar-refractivity contribution in [2.45, 2.75) is 26.4 Å². The first kappa shape index (κ1) is 15.3. The highest BCUT2D eigenvalue weighted by atomic mass is 35.5. The van der Waals surface area contributed by atoms with Crippen LogP contribution < -0.4 is 5.32 Å². The predicted octanol–water partition coefficient (Wildman–Crippen LogP) is 2.12. The normalized spacial score (nSPS) is 11.0. The molecule has 0 aliphatic heterocycles. The van der Waals surface area contributed by atoms with Crippen LogP contribution in [0.3, 0.4) is 0 Å². The first-order valence-corrected chi connectivity index (χ1v) is 6.03. The molecule has 106 valence electrons. The molecule has 1 rings (SSSR count). The SMILES string of the molecule is Cn1nc(NC(=O)OC(C)(C)C)cc1C(=O)OCCl. The zero-order chi connectivity index (χ0) is 14.6. The number of anilines is 1. The second-order valence-electron chi connectivity index (χ2n) is 4.71. The molecule has 1 N–H and O–H groups in total. The Morgan fingerprint density at radius 1 is 1.47 bits per heavy atom. The minimum Gasteiger partial charge on any atom is -0.445 e. The summed E-state index contributed by atoms with van der Waals surface area (Å²) in [6, 6.07) is 1.12. The number of rotatable bonds is 3. The molecular weight excluding hydrogens is 274 g/mol. The van der Waals surface area contributed by atoms with Gasteiger partial charge in [-0.05, 0) is 20.8 Å². The van der Waals surface area contributed by atoms with Crippen molar-refractivity contribution in [3.05, 3.63) is 11.8 Å². The van der Waals surface area contributed by atoms with Crippen molar-refractivity contribution in [3.63, 3.8) is 0 Å². The van der Waals surface area contributed by atoms with Crippen LogP contribution >= 0.6 is 11.6 Å². The Bertz CT molecular complexity index is 479. The number of alkyl halides is 1. The maximum atomic E-state index is 11.5. The molecule has 0 unspecified atom stereocenters. The lowest BCUT2D eigenvalue weighted by Gasteiger charge is -2.18. The summed E-state index contributed by atoms with van der Waals surface area (Å²) >= 11 is 5.30. The summed E-state index contributed by atoms with van der Waals surface area (Å²) < 4.78 is 11.0. The highest BCUT2D eigenvalue weighted by molar-refractivity contribution is 6.17. The van der Waals surface area contributed by atoms with Crippen LogP contribution in [0.25, 0.3) is 0 Å². The van der Waals surface area contributed by atoms with Gasteiger partial charge in [-0.25, -0.2) is 9.59 Å². The highest BCUT2D eigenvalue weighted by Crippen LogP contribution is 2.13. The minimum atomic E-state index is -0.650. The molecule has 7 nitrogen and oxygen atoms in total. The molecule has 0 aliphatic carbocycles. The van der Waals surface area contributed by atoms with E-state index >= 15 is 0 Å². The number of ether oxygens (including phenoxy) is 2. The van der Waals surface area contributed by atoms with E-state index in [0.717, 1.165) is 0 Å². The van der Waals surface area contributed by atoms with E-state index in [9.17, 15) is 9.59 Å². The van der Waals surface area contributed by atoms with Gasteiger partial charge in [-0.1, -0.05) is 11.6 Å². The van der Waals surface area contributed by atoms with Crippen molar-refractivity contribution in [3.8, 4) is 0 Å². The van der Waals surface area contributed by atoms with E-state index in [1.807, 2.05) is 0 Å². The van der Waals surface area contributed by atoms with Gasteiger partial charge in [0.1, 0.15) is 11.3 Å². The van der Waals surface area contributed by atoms with E-state index in [1.54, 1.807) is 27.8 Å². The summed E-state index contributed by atoms with van der Waals surface area (Å²) in [5.74, 6) is -0.430. The molecule has 1 aromatic heterocycles. The van der Waals surface area contributed by atoms with Crippen molar-refractivity contribution in [1.29, 1.82) is 0 Å². The smallest absolute Gasteiger partial charge is 0.413 e. The molecule has 1 heterocycles. The van der Waals surface area contributed by atoms with Gasteiger partial charge in [0.05, 0.1) is 0 Å². The van der Waals surface area contributed by atoms with E-state index in [1.165, 1.54) is 10.7 Å². The Kier molecular flexibility index (Phi) is 4.77. The van der Waals surface area contributed by atoms with Gasteiger partial charge < -0.3 is 9.47 Å². The number of nitrogens with one attached hydrogen (secondary N) is 1. The largest absolute Gasteiger partial charge is 0.445 e. The summed E-state index contributed by atoms with van der Waals surface area (Å²) in [5.41, 5.74) is -0.439. The first-order chi connectivity index (χ1) is 8.73. The summed E-state index contributed by atoms with van der Waals surface area (Å²) in [6.07, 6.45) is -0.650. The van der Waals surface area contributed by atoms with Crippen LogP contribution in [0.5, 0.6) is 0 Å². The molecule has 0 aliphatic rings. The van der Waals surface area contributed by atoms with Gasteiger partial charge in [0.15, 0.2) is 11.9 Å². The lowest BCUT2D eigenvalue weighted by Crippen LogP contribution is -2.27. The molecule has 0 saturated heterocycles. The number of esters is 1. The van der Waals surface area contributed by atoms with Crippen LogP contribution in [-0.4, -0.2) is 33.5 Å². The molecule has 0 bridgehead atoms. The van der Waals surface area contributed by atoms with Crippen molar-refractivity contribution in [2.75, 3.05) is 11.4 Å². The maximum absolute atomic E-state index is 11.5. The highest BCUT2D eigenvalue weighted by Gasteiger charge is 2.19. The Labute approximate surface area is 115 Å². The zero-order valence-corrected chi connectivity index (χ0v) is 11.9. The predicted molar refractivity (Wildman–Crippen MR) is 69.2 cm³/mol. The number of nitrogens with zero attached hydrogens (tertiary/aromatic N) is 2. The third-order valence-corrected chi connectivity index (χ3v) is 2.01. The zero-order valence-electron chi connectivity index (χ0n) is 11.2. The van der Waals surface area contributed by atoms with Crippen LogP contribution in [-0.2, 0) is 16.5 Å². The number of aromatic nitrogens is 2. The molecule has 0 aromatic carbocycles. The van der Waals surface area contributed by atoms with Crippen LogP contribution in [0.4, 0.5) is 10.6 Å². The number of hydrogen-bond donors (Lipinski definition) is 1. The molecule has 0 radical (unpaired) electrons. The van der Waals surface area contributed by atoms with Crippen molar-refractivity contribution in [1.82, 2.24) is 9.78 Å². The average Bonchev–Trinajstić information content (AvgIpc) is 2.56. The van der Waals surface area contributed by atoms with Crippen molar-refractivity contribution >= 4 is 29.5 Å². The van der Waals surface area contributed by atoms with Crippen molar-refractivity contribution in [2.24, 2.45) is 7.05 Å². The fraction of sp³-hybridized carbons (Fsp3) is 0.545. The molecular formula is C11H16ClN3O4. The molecule has 0 spiro atoms. The van der Waals surface area contributed by atoms with E-state index in [4.69, 9.17) is 16.3 Å². The molecule has 1 amide bonds. The van der Waals surface area contributed by atoms with Crippen LogP contribution in [0.1, 0.15) is 31.3 Å². The molecule has 1 aromatic rings. The lowest BCUT2D eigenvalue weighted by molar-refractivity contribution is 0.0560. The van der Waals surface area contributed by atoms with E-state index in [0.29, 0.717) is 0 Å². The fourth-order valence-corrected chi connectivity index (χ4v) is 1.35. The Hall–Kier alpha value is -1.76. The monoisotopic (exact) mass is 289 g/mol. The van der Waals surface area contributed by atoms with Crippen LogP contribution in [0.2, 0.25) is 0 Å². The van der Waals surface area contributed by atoms with Gasteiger partial charge in [0.25, 0.3) is 0 Å². The number of halogens is 1. The van der Waals surface area contributed by atoms with Gasteiger partial charge in [-0.2, -0.15) is 5.10 Å². The standard InChI is InChI=1S/C11H16ClN3O4/c1-11(2,3)19-10(17)13-8-5-7(15(4)14-8)9(16)18-6-12/h5H,6H2,1-4H3,(H,13,14,17). The van der Waals surface area contributed by atoms with Gasteiger partial charge in [-0.15, -0.1) is 0 Å². The van der Waals surface area contributed by atoms with E-state index in [-0.39, 0.29) is 17.6 Å². The first-order valence-electron chi connectivity index (χ1n) is 5.50. The molecule has 0 atom stereocenters. The van der Waals surface area contributed by atoms with E-state index in [2.05, 4.69) is 15.2 Å². The Balaban J connectivity index is 2.74. The summed E-state index contributed by atoms with van der Waals surface area (Å²) in [7, 11) is 1.55. The second-order valence-corrected chi connectivity index (χ2v) is 4.92. The van der Waals surface area contributed by atoms with Gasteiger partial charge >= 0.3 is 12.1 Å². The van der Waals surface area contributed by atoms with Crippen LogP contribution in [0, 0.1) is 0 Å². The Morgan fingerprint density at radius 2 is 2.11 bits per heavy atom. The lowest BCUT2D eigenvalue weighted by atomic mass is 10.2. The Morgan fingerprint density at radius 3 is 2.63 bits per heavy atom. The number of carbonyl (C=O) groups is 2. The summed E-state index contributed by atoms with van der Waals surface area (Å²) in [4.78, 5) is 23.0. The molecule has 0 saturated carbocycles. The minimum absolute atomic E-state index is 0.173. The molecule has 0 fully saturated rings. The van der Waals surface area contributed by atoms with Crippen molar-refractivity contribution < 1.29 is 19.1 Å². The van der Waals surface area contributed by atoms with Gasteiger partial charge in [0, 0.05) is 13.1 Å². The number of aryl methyl sites for hydroxylation is 1. The second kappa shape index (κ2) is 5.92. The topological polar surface area (TPSA) is 82.5 Å². The molecule has 19 heavy (non-hydrogen) atoms. The number of carbonyl (C=O) groups excluding carboxylic acids is 2. The molecule has 8 heteroatoms. The summed E-state index contributed by atoms with van der Waals surface area (Å²) in [6.45, 7) is 5.23. The van der Waals surface area contributed by atoms with Gasteiger partial charge in [0.2, 0.25) is 0 Å². The third-order valence-electron chi connectivity index (χ3n) is 1.90.